The number of hydrogen-bond donors (Lipinski definition) is 2. The first kappa shape index (κ1) is 11.1. The number of anilines is 1. The number of rotatable bonds is 3. The second-order valence-corrected chi connectivity index (χ2v) is 4.43. The number of hydrogen-bond acceptors (Lipinski definition) is 3. The van der Waals surface area contributed by atoms with Crippen LogP contribution in [0, 0.1) is 0 Å². The fraction of sp³-hybridized carbons (Fsp3) is 0.167. The molecule has 2 aromatic heterocycles. The summed E-state index contributed by atoms with van der Waals surface area (Å²) in [6, 6.07) is 5.99. The van der Waals surface area contributed by atoms with Gasteiger partial charge in [0.2, 0.25) is 0 Å². The van der Waals surface area contributed by atoms with Gasteiger partial charge in [-0.15, -0.1) is 0 Å². The highest BCUT2D eigenvalue weighted by molar-refractivity contribution is 6.29. The molecule has 5 nitrogen and oxygen atoms in total. The second-order valence-electron chi connectivity index (χ2n) is 4.04. The Morgan fingerprint density at radius 3 is 3.06 bits per heavy atom. The molecular formula is C12H12ClN5. The lowest BCUT2D eigenvalue weighted by Crippen LogP contribution is -2.05. The molecule has 1 aromatic carbocycles. The second kappa shape index (κ2) is 4.34. The molecule has 0 radical (unpaired) electrons. The molecule has 0 aliphatic heterocycles. The number of aromatic nitrogens is 4. The normalized spacial score (nSPS) is 11.0. The fourth-order valence-corrected chi connectivity index (χ4v) is 1.96. The third kappa shape index (κ3) is 1.93. The molecule has 0 saturated heterocycles. The number of H-pyrrole nitrogens is 1. The SMILES string of the molecule is Cn1c(Cl)cnc1CNc1ccc2nc[nH]c2c1. The van der Waals surface area contributed by atoms with Crippen LogP contribution in [-0.2, 0) is 13.6 Å². The third-order valence-electron chi connectivity index (χ3n) is 2.90. The van der Waals surface area contributed by atoms with Crippen LogP contribution in [0.4, 0.5) is 5.69 Å². The maximum absolute atomic E-state index is 5.93. The molecule has 0 aliphatic carbocycles. The summed E-state index contributed by atoms with van der Waals surface area (Å²) >= 11 is 5.93. The van der Waals surface area contributed by atoms with E-state index >= 15 is 0 Å². The van der Waals surface area contributed by atoms with E-state index in [4.69, 9.17) is 11.6 Å². The van der Waals surface area contributed by atoms with Crippen LogP contribution in [-0.4, -0.2) is 19.5 Å². The van der Waals surface area contributed by atoms with Crippen molar-refractivity contribution in [1.82, 2.24) is 19.5 Å². The monoisotopic (exact) mass is 261 g/mol. The first-order valence-electron chi connectivity index (χ1n) is 5.57. The Labute approximate surface area is 109 Å². The van der Waals surface area contributed by atoms with Crippen molar-refractivity contribution in [2.24, 2.45) is 7.05 Å². The minimum Gasteiger partial charge on any atom is -0.378 e. The molecule has 6 heteroatoms. The van der Waals surface area contributed by atoms with Gasteiger partial charge in [0.25, 0.3) is 0 Å². The van der Waals surface area contributed by atoms with Crippen LogP contribution in [0.2, 0.25) is 5.15 Å². The molecule has 0 aliphatic rings. The summed E-state index contributed by atoms with van der Waals surface area (Å²) < 4.78 is 1.85. The predicted octanol–water partition coefficient (Wildman–Crippen LogP) is 2.56. The van der Waals surface area contributed by atoms with Gasteiger partial charge in [-0.05, 0) is 18.2 Å². The first-order chi connectivity index (χ1) is 8.74. The van der Waals surface area contributed by atoms with E-state index in [-0.39, 0.29) is 0 Å². The van der Waals surface area contributed by atoms with Gasteiger partial charge in [0.1, 0.15) is 11.0 Å². The van der Waals surface area contributed by atoms with Gasteiger partial charge in [0.05, 0.1) is 30.1 Å². The van der Waals surface area contributed by atoms with Gasteiger partial charge < -0.3 is 14.9 Å². The van der Waals surface area contributed by atoms with E-state index in [9.17, 15) is 0 Å². The summed E-state index contributed by atoms with van der Waals surface area (Å²) in [6.45, 7) is 0.628. The molecule has 2 N–H and O–H groups in total. The number of nitrogens with one attached hydrogen (secondary N) is 2. The van der Waals surface area contributed by atoms with Crippen molar-refractivity contribution in [2.75, 3.05) is 5.32 Å². The van der Waals surface area contributed by atoms with E-state index in [1.54, 1.807) is 12.5 Å². The Kier molecular flexibility index (Phi) is 2.68. The smallest absolute Gasteiger partial charge is 0.128 e. The molecule has 0 bridgehead atoms. The summed E-state index contributed by atoms with van der Waals surface area (Å²) in [6.07, 6.45) is 3.34. The number of fused-ring (bicyclic) bond motifs is 1. The molecule has 0 atom stereocenters. The summed E-state index contributed by atoms with van der Waals surface area (Å²) in [5, 5.41) is 3.94. The highest BCUT2D eigenvalue weighted by Crippen LogP contribution is 2.17. The van der Waals surface area contributed by atoms with Crippen molar-refractivity contribution in [2.45, 2.75) is 6.54 Å². The number of imidazole rings is 2. The molecule has 18 heavy (non-hydrogen) atoms. The van der Waals surface area contributed by atoms with Crippen LogP contribution in [0.25, 0.3) is 11.0 Å². The summed E-state index contributed by atoms with van der Waals surface area (Å²) in [5.74, 6) is 0.893. The van der Waals surface area contributed by atoms with Crippen molar-refractivity contribution in [1.29, 1.82) is 0 Å². The molecule has 0 unspecified atom stereocenters. The van der Waals surface area contributed by atoms with E-state index in [1.807, 2.05) is 29.8 Å². The van der Waals surface area contributed by atoms with Crippen LogP contribution < -0.4 is 5.32 Å². The number of benzene rings is 1. The molecule has 0 saturated carbocycles. The maximum Gasteiger partial charge on any atom is 0.128 e. The van der Waals surface area contributed by atoms with Crippen molar-refractivity contribution in [3.63, 3.8) is 0 Å². The van der Waals surface area contributed by atoms with E-state index in [0.717, 1.165) is 22.5 Å². The van der Waals surface area contributed by atoms with E-state index < -0.39 is 0 Å². The summed E-state index contributed by atoms with van der Waals surface area (Å²) in [5.41, 5.74) is 2.99. The minimum absolute atomic E-state index is 0.628. The quantitative estimate of drug-likeness (QED) is 0.762. The zero-order valence-electron chi connectivity index (χ0n) is 9.81. The summed E-state index contributed by atoms with van der Waals surface area (Å²) in [7, 11) is 1.89. The van der Waals surface area contributed by atoms with Crippen LogP contribution in [0.15, 0.2) is 30.7 Å². The predicted molar refractivity (Wildman–Crippen MR) is 71.6 cm³/mol. The highest BCUT2D eigenvalue weighted by Gasteiger charge is 2.04. The van der Waals surface area contributed by atoms with Gasteiger partial charge in [-0.3, -0.25) is 0 Å². The zero-order chi connectivity index (χ0) is 12.5. The van der Waals surface area contributed by atoms with E-state index in [1.165, 1.54) is 0 Å². The first-order valence-corrected chi connectivity index (χ1v) is 5.95. The van der Waals surface area contributed by atoms with Crippen LogP contribution in [0.5, 0.6) is 0 Å². The Hall–Kier alpha value is -2.01. The van der Waals surface area contributed by atoms with Crippen LogP contribution in [0.1, 0.15) is 5.82 Å². The third-order valence-corrected chi connectivity index (χ3v) is 3.25. The standard InChI is InChI=1S/C12H12ClN5/c1-18-11(13)5-15-12(18)6-14-8-2-3-9-10(4-8)17-7-16-9/h2-5,7,14H,6H2,1H3,(H,16,17). The minimum atomic E-state index is 0.628. The van der Waals surface area contributed by atoms with Crippen LogP contribution >= 0.6 is 11.6 Å². The van der Waals surface area contributed by atoms with E-state index in [2.05, 4.69) is 20.3 Å². The lowest BCUT2D eigenvalue weighted by atomic mass is 10.3. The van der Waals surface area contributed by atoms with Gasteiger partial charge in [0, 0.05) is 12.7 Å². The average Bonchev–Trinajstić information content (AvgIpc) is 2.96. The Bertz CT molecular complexity index is 685. The fourth-order valence-electron chi connectivity index (χ4n) is 1.82. The van der Waals surface area contributed by atoms with Gasteiger partial charge in [-0.25, -0.2) is 9.97 Å². The molecule has 3 aromatic rings. The van der Waals surface area contributed by atoms with Crippen molar-refractivity contribution in [3.8, 4) is 0 Å². The van der Waals surface area contributed by atoms with Crippen LogP contribution in [0.3, 0.4) is 0 Å². The number of aromatic amines is 1. The van der Waals surface area contributed by atoms with Gasteiger partial charge >= 0.3 is 0 Å². The zero-order valence-corrected chi connectivity index (χ0v) is 10.6. The largest absolute Gasteiger partial charge is 0.378 e. The average molecular weight is 262 g/mol. The van der Waals surface area contributed by atoms with Crippen molar-refractivity contribution >= 4 is 28.3 Å². The van der Waals surface area contributed by atoms with Gasteiger partial charge in [-0.2, -0.15) is 0 Å². The van der Waals surface area contributed by atoms with E-state index in [0.29, 0.717) is 11.7 Å². The molecule has 2 heterocycles. The Morgan fingerprint density at radius 1 is 1.39 bits per heavy atom. The van der Waals surface area contributed by atoms with Gasteiger partial charge in [0.15, 0.2) is 0 Å². The van der Waals surface area contributed by atoms with Crippen molar-refractivity contribution in [3.05, 3.63) is 41.7 Å². The molecular weight excluding hydrogens is 250 g/mol. The Balaban J connectivity index is 1.78. The molecule has 0 fully saturated rings. The molecule has 92 valence electrons. The molecule has 3 rings (SSSR count). The summed E-state index contributed by atoms with van der Waals surface area (Å²) in [4.78, 5) is 11.5. The molecule has 0 spiro atoms. The maximum atomic E-state index is 5.93. The topological polar surface area (TPSA) is 58.5 Å². The lowest BCUT2D eigenvalue weighted by Gasteiger charge is -2.06. The number of nitrogens with zero attached hydrogens (tertiary/aromatic N) is 3. The highest BCUT2D eigenvalue weighted by atomic mass is 35.5. The molecule has 0 amide bonds. The van der Waals surface area contributed by atoms with Crippen molar-refractivity contribution < 1.29 is 0 Å². The lowest BCUT2D eigenvalue weighted by molar-refractivity contribution is 0.813. The number of halogens is 1. The van der Waals surface area contributed by atoms with Gasteiger partial charge in [-0.1, -0.05) is 11.6 Å². The Morgan fingerprint density at radius 2 is 2.28 bits per heavy atom.